The first-order valence-corrected chi connectivity index (χ1v) is 6.23. The summed E-state index contributed by atoms with van der Waals surface area (Å²) in [5.74, 6) is 0.0965. The molecule has 0 aliphatic rings. The fourth-order valence-electron chi connectivity index (χ4n) is 1.65. The first kappa shape index (κ1) is 13.5. The number of hydrogen-bond acceptors (Lipinski definition) is 3. The molecule has 98 valence electrons. The number of hydrogen-bond donors (Lipinski definition) is 1. The molecule has 0 fully saturated rings. The lowest BCUT2D eigenvalue weighted by Crippen LogP contribution is -2.35. The number of halogens is 1. The zero-order chi connectivity index (χ0) is 13.9. The van der Waals surface area contributed by atoms with Gasteiger partial charge in [0.05, 0.1) is 5.41 Å². The van der Waals surface area contributed by atoms with Crippen LogP contribution in [0.3, 0.4) is 0 Å². The van der Waals surface area contributed by atoms with E-state index in [2.05, 4.69) is 15.3 Å². The van der Waals surface area contributed by atoms with Gasteiger partial charge in [0.2, 0.25) is 5.91 Å². The van der Waals surface area contributed by atoms with Crippen molar-refractivity contribution in [2.45, 2.75) is 19.3 Å². The topological polar surface area (TPSA) is 54.9 Å². The van der Waals surface area contributed by atoms with Gasteiger partial charge in [-0.15, -0.1) is 0 Å². The highest BCUT2D eigenvalue weighted by Crippen LogP contribution is 2.25. The summed E-state index contributed by atoms with van der Waals surface area (Å²) in [4.78, 5) is 20.2. The number of nitrogens with one attached hydrogen (secondary N) is 1. The Morgan fingerprint density at radius 2 is 1.79 bits per heavy atom. The molecule has 1 aromatic carbocycles. The number of benzene rings is 1. The second-order valence-corrected chi connectivity index (χ2v) is 5.00. The highest BCUT2D eigenvalue weighted by Gasteiger charge is 2.30. The molecule has 0 aliphatic carbocycles. The Labute approximate surface area is 116 Å². The van der Waals surface area contributed by atoms with Gasteiger partial charge in [0, 0.05) is 12.4 Å². The van der Waals surface area contributed by atoms with Gasteiger partial charge in [0.25, 0.3) is 0 Å². The molecule has 2 rings (SSSR count). The van der Waals surface area contributed by atoms with Gasteiger partial charge in [-0.05, 0) is 19.4 Å². The average molecular weight is 276 g/mol. The van der Waals surface area contributed by atoms with Gasteiger partial charge in [0.1, 0.15) is 0 Å². The van der Waals surface area contributed by atoms with Crippen LogP contribution in [-0.4, -0.2) is 15.9 Å². The summed E-state index contributed by atoms with van der Waals surface area (Å²) in [6.45, 7) is 3.70. The monoisotopic (exact) mass is 275 g/mol. The summed E-state index contributed by atoms with van der Waals surface area (Å²) < 4.78 is 0. The van der Waals surface area contributed by atoms with E-state index in [-0.39, 0.29) is 16.9 Å². The lowest BCUT2D eigenvalue weighted by Gasteiger charge is -2.23. The summed E-state index contributed by atoms with van der Waals surface area (Å²) in [5.41, 5.74) is 0.245. The number of carbonyl (C=O) groups excluding carboxylic acids is 1. The third-order valence-corrected chi connectivity index (χ3v) is 3.23. The van der Waals surface area contributed by atoms with Crippen LogP contribution in [0.15, 0.2) is 42.7 Å². The Kier molecular flexibility index (Phi) is 3.81. The van der Waals surface area contributed by atoms with Crippen molar-refractivity contribution in [3.63, 3.8) is 0 Å². The molecular weight excluding hydrogens is 262 g/mol. The standard InChI is InChI=1S/C14H14ClN3O/c1-14(2,10-6-4-3-5-7-10)13(19)18-12-11(15)16-8-9-17-12/h3-9H,1-2H3,(H,17,18,19). The van der Waals surface area contributed by atoms with Crippen LogP contribution in [0.4, 0.5) is 5.82 Å². The highest BCUT2D eigenvalue weighted by atomic mass is 35.5. The predicted octanol–water partition coefficient (Wildman–Crippen LogP) is 3.05. The van der Waals surface area contributed by atoms with E-state index in [0.717, 1.165) is 5.56 Å². The van der Waals surface area contributed by atoms with E-state index in [4.69, 9.17) is 11.6 Å². The number of rotatable bonds is 3. The molecule has 0 unspecified atom stereocenters. The first-order valence-electron chi connectivity index (χ1n) is 5.85. The molecule has 1 amide bonds. The molecule has 1 aromatic heterocycles. The van der Waals surface area contributed by atoms with Crippen LogP contribution in [0.25, 0.3) is 0 Å². The van der Waals surface area contributed by atoms with Crippen molar-refractivity contribution in [1.29, 1.82) is 0 Å². The minimum Gasteiger partial charge on any atom is -0.307 e. The smallest absolute Gasteiger partial charge is 0.235 e. The molecule has 0 atom stereocenters. The quantitative estimate of drug-likeness (QED) is 0.937. The minimum atomic E-state index is -0.678. The van der Waals surface area contributed by atoms with Gasteiger partial charge < -0.3 is 5.32 Å². The second kappa shape index (κ2) is 5.36. The number of aromatic nitrogens is 2. The van der Waals surface area contributed by atoms with Gasteiger partial charge in [-0.25, -0.2) is 9.97 Å². The summed E-state index contributed by atoms with van der Waals surface area (Å²) in [6.07, 6.45) is 2.96. The van der Waals surface area contributed by atoms with Crippen LogP contribution in [0.5, 0.6) is 0 Å². The van der Waals surface area contributed by atoms with Crippen molar-refractivity contribution < 1.29 is 4.79 Å². The summed E-state index contributed by atoms with van der Waals surface area (Å²) in [7, 11) is 0. The van der Waals surface area contributed by atoms with Gasteiger partial charge in [-0.3, -0.25) is 4.79 Å². The van der Waals surface area contributed by atoms with Crippen LogP contribution in [0, 0.1) is 0 Å². The lowest BCUT2D eigenvalue weighted by molar-refractivity contribution is -0.120. The number of carbonyl (C=O) groups is 1. The average Bonchev–Trinajstić information content (AvgIpc) is 2.42. The predicted molar refractivity (Wildman–Crippen MR) is 75.1 cm³/mol. The van der Waals surface area contributed by atoms with E-state index < -0.39 is 5.41 Å². The van der Waals surface area contributed by atoms with Crippen LogP contribution >= 0.6 is 11.6 Å². The molecule has 0 radical (unpaired) electrons. The zero-order valence-corrected chi connectivity index (χ0v) is 11.5. The van der Waals surface area contributed by atoms with E-state index in [0.29, 0.717) is 0 Å². The molecule has 1 heterocycles. The minimum absolute atomic E-state index is 0.180. The molecule has 0 aliphatic heterocycles. The number of nitrogens with zero attached hydrogens (tertiary/aromatic N) is 2. The molecule has 0 saturated heterocycles. The van der Waals surface area contributed by atoms with Gasteiger partial charge >= 0.3 is 0 Å². The third kappa shape index (κ3) is 2.90. The van der Waals surface area contributed by atoms with Crippen LogP contribution in [0.2, 0.25) is 5.15 Å². The fourth-order valence-corrected chi connectivity index (χ4v) is 1.81. The van der Waals surface area contributed by atoms with Crippen molar-refractivity contribution >= 4 is 23.3 Å². The molecule has 0 spiro atoms. The van der Waals surface area contributed by atoms with E-state index in [1.807, 2.05) is 44.2 Å². The maximum absolute atomic E-state index is 12.3. The van der Waals surface area contributed by atoms with Crippen molar-refractivity contribution in [2.24, 2.45) is 0 Å². The van der Waals surface area contributed by atoms with Crippen molar-refractivity contribution in [1.82, 2.24) is 9.97 Å². The van der Waals surface area contributed by atoms with E-state index >= 15 is 0 Å². The molecule has 2 aromatic rings. The largest absolute Gasteiger partial charge is 0.307 e. The summed E-state index contributed by atoms with van der Waals surface area (Å²) in [6, 6.07) is 9.55. The van der Waals surface area contributed by atoms with E-state index in [9.17, 15) is 4.79 Å². The maximum atomic E-state index is 12.3. The van der Waals surface area contributed by atoms with E-state index in [1.165, 1.54) is 12.4 Å². The summed E-state index contributed by atoms with van der Waals surface area (Å²) >= 11 is 5.88. The van der Waals surface area contributed by atoms with Crippen LogP contribution in [0.1, 0.15) is 19.4 Å². The molecule has 0 bridgehead atoms. The van der Waals surface area contributed by atoms with Crippen molar-refractivity contribution in [3.8, 4) is 0 Å². The fraction of sp³-hybridized carbons (Fsp3) is 0.214. The SMILES string of the molecule is CC(C)(C(=O)Nc1nccnc1Cl)c1ccccc1. The Balaban J connectivity index is 2.23. The van der Waals surface area contributed by atoms with Gasteiger partial charge in [-0.2, -0.15) is 0 Å². The molecule has 19 heavy (non-hydrogen) atoms. The Morgan fingerprint density at radius 1 is 1.16 bits per heavy atom. The van der Waals surface area contributed by atoms with Crippen molar-refractivity contribution in [2.75, 3.05) is 5.32 Å². The number of amides is 1. The first-order chi connectivity index (χ1) is 9.01. The van der Waals surface area contributed by atoms with Crippen LogP contribution in [-0.2, 0) is 10.2 Å². The molecular formula is C14H14ClN3O. The molecule has 5 heteroatoms. The Bertz CT molecular complexity index is 584. The summed E-state index contributed by atoms with van der Waals surface area (Å²) in [5, 5.41) is 2.88. The molecule has 4 nitrogen and oxygen atoms in total. The maximum Gasteiger partial charge on any atom is 0.235 e. The molecule has 0 saturated carbocycles. The molecule has 1 N–H and O–H groups in total. The lowest BCUT2D eigenvalue weighted by atomic mass is 9.84. The Morgan fingerprint density at radius 3 is 2.42 bits per heavy atom. The third-order valence-electron chi connectivity index (χ3n) is 2.95. The van der Waals surface area contributed by atoms with Crippen molar-refractivity contribution in [3.05, 3.63) is 53.4 Å². The second-order valence-electron chi connectivity index (χ2n) is 4.64. The Hall–Kier alpha value is -1.94. The van der Waals surface area contributed by atoms with E-state index in [1.54, 1.807) is 0 Å². The van der Waals surface area contributed by atoms with Crippen LogP contribution < -0.4 is 5.32 Å². The highest BCUT2D eigenvalue weighted by molar-refractivity contribution is 6.32. The van der Waals surface area contributed by atoms with Gasteiger partial charge in [0.15, 0.2) is 11.0 Å². The normalized spacial score (nSPS) is 11.1. The zero-order valence-electron chi connectivity index (χ0n) is 10.7. The van der Waals surface area contributed by atoms with Gasteiger partial charge in [-0.1, -0.05) is 41.9 Å². The number of anilines is 1.